The van der Waals surface area contributed by atoms with E-state index in [4.69, 9.17) is 5.73 Å². The summed E-state index contributed by atoms with van der Waals surface area (Å²) < 4.78 is 1.90. The average molecular weight is 251 g/mol. The minimum absolute atomic E-state index is 0.132. The van der Waals surface area contributed by atoms with Crippen molar-refractivity contribution in [3.8, 4) is 0 Å². The second kappa shape index (κ2) is 5.29. The van der Waals surface area contributed by atoms with E-state index in [-0.39, 0.29) is 11.9 Å². The molecule has 6 nitrogen and oxygen atoms in total. The Morgan fingerprint density at radius 1 is 1.61 bits per heavy atom. The Morgan fingerprint density at radius 2 is 2.39 bits per heavy atom. The van der Waals surface area contributed by atoms with Crippen LogP contribution in [0.3, 0.4) is 0 Å². The molecule has 1 saturated heterocycles. The number of hydrogen-bond acceptors (Lipinski definition) is 4. The van der Waals surface area contributed by atoms with Crippen LogP contribution in [0.1, 0.15) is 31.9 Å². The lowest BCUT2D eigenvalue weighted by atomic mass is 10.2. The fourth-order valence-corrected chi connectivity index (χ4v) is 2.21. The van der Waals surface area contributed by atoms with Crippen LogP contribution in [-0.4, -0.2) is 28.3 Å². The molecule has 0 radical (unpaired) electrons. The largest absolute Gasteiger partial charge is 0.394 e. The molecule has 0 bridgehead atoms. The summed E-state index contributed by atoms with van der Waals surface area (Å²) in [7, 11) is 0. The Bertz CT molecular complexity index is 440. The van der Waals surface area contributed by atoms with Gasteiger partial charge in [-0.05, 0) is 19.8 Å². The molecule has 100 valence electrons. The molecule has 1 amide bonds. The van der Waals surface area contributed by atoms with Gasteiger partial charge < -0.3 is 16.4 Å². The number of amides is 1. The molecular formula is C12H21N5O. The van der Waals surface area contributed by atoms with Crippen LogP contribution >= 0.6 is 0 Å². The van der Waals surface area contributed by atoms with Gasteiger partial charge in [0.25, 0.3) is 0 Å². The first-order chi connectivity index (χ1) is 8.61. The highest BCUT2D eigenvalue weighted by Gasteiger charge is 2.21. The van der Waals surface area contributed by atoms with Gasteiger partial charge in [-0.1, -0.05) is 6.92 Å². The summed E-state index contributed by atoms with van der Waals surface area (Å²) in [5.74, 6) is 1.00. The van der Waals surface area contributed by atoms with Gasteiger partial charge in [-0.25, -0.2) is 4.68 Å². The first-order valence-electron chi connectivity index (χ1n) is 6.48. The minimum Gasteiger partial charge on any atom is -0.394 e. The van der Waals surface area contributed by atoms with Crippen molar-refractivity contribution < 1.29 is 4.79 Å². The molecule has 0 aromatic carbocycles. The molecule has 4 N–H and O–H groups in total. The van der Waals surface area contributed by atoms with Gasteiger partial charge in [-0.2, -0.15) is 5.10 Å². The van der Waals surface area contributed by atoms with Crippen molar-refractivity contribution in [2.75, 3.05) is 17.6 Å². The van der Waals surface area contributed by atoms with Crippen LogP contribution in [0.15, 0.2) is 0 Å². The summed E-state index contributed by atoms with van der Waals surface area (Å²) in [4.78, 5) is 11.1. The summed E-state index contributed by atoms with van der Waals surface area (Å²) in [6, 6.07) is 0.196. The summed E-state index contributed by atoms with van der Waals surface area (Å²) in [5, 5.41) is 10.6. The third-order valence-corrected chi connectivity index (χ3v) is 3.21. The molecular weight excluding hydrogens is 230 g/mol. The highest BCUT2D eigenvalue weighted by atomic mass is 16.1. The van der Waals surface area contributed by atoms with E-state index < -0.39 is 0 Å². The lowest BCUT2D eigenvalue weighted by Gasteiger charge is -2.14. The van der Waals surface area contributed by atoms with Crippen molar-refractivity contribution in [2.24, 2.45) is 0 Å². The SMILES string of the molecule is CCCn1nc(C)c(N)c1NCC1CCC(=O)N1. The second-order valence-electron chi connectivity index (χ2n) is 4.75. The lowest BCUT2D eigenvalue weighted by molar-refractivity contribution is -0.119. The number of nitrogens with zero attached hydrogens (tertiary/aromatic N) is 2. The number of anilines is 2. The Hall–Kier alpha value is -1.72. The highest BCUT2D eigenvalue weighted by Crippen LogP contribution is 2.22. The van der Waals surface area contributed by atoms with Gasteiger partial charge in [0.05, 0.1) is 11.4 Å². The van der Waals surface area contributed by atoms with Gasteiger partial charge in [0.1, 0.15) is 5.82 Å². The van der Waals surface area contributed by atoms with E-state index >= 15 is 0 Å². The number of nitrogens with two attached hydrogens (primary N) is 1. The third-order valence-electron chi connectivity index (χ3n) is 3.21. The van der Waals surface area contributed by atoms with Crippen molar-refractivity contribution in [1.29, 1.82) is 0 Å². The maximum absolute atomic E-state index is 11.1. The Morgan fingerprint density at radius 3 is 3.00 bits per heavy atom. The zero-order chi connectivity index (χ0) is 13.1. The molecule has 0 aliphatic carbocycles. The smallest absolute Gasteiger partial charge is 0.220 e. The fourth-order valence-electron chi connectivity index (χ4n) is 2.21. The molecule has 2 rings (SSSR count). The molecule has 1 aliphatic rings. The van der Waals surface area contributed by atoms with E-state index in [0.29, 0.717) is 18.7 Å². The van der Waals surface area contributed by atoms with Crippen LogP contribution in [-0.2, 0) is 11.3 Å². The van der Waals surface area contributed by atoms with Crippen LogP contribution in [0.5, 0.6) is 0 Å². The Kier molecular flexibility index (Phi) is 3.74. The third kappa shape index (κ3) is 2.57. The molecule has 1 aromatic rings. The second-order valence-corrected chi connectivity index (χ2v) is 4.75. The van der Waals surface area contributed by atoms with Gasteiger partial charge in [0.15, 0.2) is 0 Å². The van der Waals surface area contributed by atoms with E-state index in [0.717, 1.165) is 30.9 Å². The maximum Gasteiger partial charge on any atom is 0.220 e. The van der Waals surface area contributed by atoms with Crippen molar-refractivity contribution in [3.05, 3.63) is 5.69 Å². The number of carbonyl (C=O) groups excluding carboxylic acids is 1. The highest BCUT2D eigenvalue weighted by molar-refractivity contribution is 5.78. The molecule has 1 aliphatic heterocycles. The van der Waals surface area contributed by atoms with Crippen LogP contribution in [0.2, 0.25) is 0 Å². The number of nitrogen functional groups attached to an aromatic ring is 1. The van der Waals surface area contributed by atoms with Crippen molar-refractivity contribution in [1.82, 2.24) is 15.1 Å². The zero-order valence-corrected chi connectivity index (χ0v) is 11.0. The van der Waals surface area contributed by atoms with Crippen LogP contribution in [0.4, 0.5) is 11.5 Å². The average Bonchev–Trinajstić information content (AvgIpc) is 2.84. The normalized spacial score (nSPS) is 19.0. The zero-order valence-electron chi connectivity index (χ0n) is 11.0. The van der Waals surface area contributed by atoms with Crippen molar-refractivity contribution in [3.63, 3.8) is 0 Å². The number of rotatable bonds is 5. The molecule has 6 heteroatoms. The van der Waals surface area contributed by atoms with E-state index in [2.05, 4.69) is 22.7 Å². The summed E-state index contributed by atoms with van der Waals surface area (Å²) >= 11 is 0. The number of carbonyl (C=O) groups is 1. The first-order valence-corrected chi connectivity index (χ1v) is 6.48. The fraction of sp³-hybridized carbons (Fsp3) is 0.667. The quantitative estimate of drug-likeness (QED) is 0.725. The van der Waals surface area contributed by atoms with Gasteiger partial charge in [0, 0.05) is 25.6 Å². The molecule has 0 spiro atoms. The lowest BCUT2D eigenvalue weighted by Crippen LogP contribution is -2.32. The number of hydrogen-bond donors (Lipinski definition) is 3. The molecule has 2 heterocycles. The van der Waals surface area contributed by atoms with Gasteiger partial charge in [-0.15, -0.1) is 0 Å². The Balaban J connectivity index is 2.01. The summed E-state index contributed by atoms with van der Waals surface area (Å²) in [6.07, 6.45) is 2.51. The van der Waals surface area contributed by atoms with Gasteiger partial charge in [0.2, 0.25) is 5.91 Å². The standard InChI is InChI=1S/C12H21N5O/c1-3-6-17-12(11(13)8(2)16-17)14-7-9-4-5-10(18)15-9/h9,14H,3-7,13H2,1-2H3,(H,15,18). The molecule has 1 unspecified atom stereocenters. The number of nitrogens with one attached hydrogen (secondary N) is 2. The summed E-state index contributed by atoms with van der Waals surface area (Å²) in [5.41, 5.74) is 7.56. The molecule has 0 saturated carbocycles. The predicted octanol–water partition coefficient (Wildman–Crippen LogP) is 0.874. The van der Waals surface area contributed by atoms with Gasteiger partial charge >= 0.3 is 0 Å². The molecule has 1 fully saturated rings. The molecule has 18 heavy (non-hydrogen) atoms. The molecule has 1 aromatic heterocycles. The van der Waals surface area contributed by atoms with Crippen molar-refractivity contribution in [2.45, 2.75) is 45.7 Å². The minimum atomic E-state index is 0.132. The van der Waals surface area contributed by atoms with Crippen LogP contribution < -0.4 is 16.4 Å². The van der Waals surface area contributed by atoms with Crippen LogP contribution in [0.25, 0.3) is 0 Å². The monoisotopic (exact) mass is 251 g/mol. The summed E-state index contributed by atoms with van der Waals surface area (Å²) in [6.45, 7) is 5.56. The van der Waals surface area contributed by atoms with E-state index in [9.17, 15) is 4.79 Å². The molecule has 1 atom stereocenters. The maximum atomic E-state index is 11.1. The number of aromatic nitrogens is 2. The first kappa shape index (κ1) is 12.7. The predicted molar refractivity (Wildman–Crippen MR) is 71.3 cm³/mol. The van der Waals surface area contributed by atoms with Gasteiger partial charge in [-0.3, -0.25) is 4.79 Å². The van der Waals surface area contributed by atoms with Crippen LogP contribution in [0, 0.1) is 6.92 Å². The number of aryl methyl sites for hydroxylation is 2. The van der Waals surface area contributed by atoms with E-state index in [1.165, 1.54) is 0 Å². The van der Waals surface area contributed by atoms with E-state index in [1.807, 2.05) is 11.6 Å². The Labute approximate surface area is 107 Å². The van der Waals surface area contributed by atoms with Crippen molar-refractivity contribution >= 4 is 17.4 Å². The topological polar surface area (TPSA) is 85.0 Å². The van der Waals surface area contributed by atoms with E-state index in [1.54, 1.807) is 0 Å².